The molecule has 2 atom stereocenters. The van der Waals surface area contributed by atoms with Crippen LogP contribution >= 0.6 is 0 Å². The van der Waals surface area contributed by atoms with Crippen molar-refractivity contribution in [3.8, 4) is 0 Å². The molecule has 0 radical (unpaired) electrons. The molecule has 1 aliphatic heterocycles. The van der Waals surface area contributed by atoms with Crippen LogP contribution < -0.4 is 5.32 Å². The van der Waals surface area contributed by atoms with E-state index in [0.29, 0.717) is 6.61 Å². The maximum Gasteiger partial charge on any atom is 0.226 e. The third kappa shape index (κ3) is 3.19. The number of aliphatic hydroxyl groups is 1. The number of hydrogen-bond donors (Lipinski definition) is 2. The van der Waals surface area contributed by atoms with Crippen LogP contribution in [0.5, 0.6) is 0 Å². The third-order valence-corrected chi connectivity index (χ3v) is 3.99. The number of carbonyl (C=O) groups excluding carboxylic acids is 1. The minimum atomic E-state index is -0.165. The number of amides is 1. The van der Waals surface area contributed by atoms with Crippen molar-refractivity contribution < 1.29 is 14.6 Å². The van der Waals surface area contributed by atoms with Gasteiger partial charge < -0.3 is 15.2 Å². The second-order valence-corrected chi connectivity index (χ2v) is 5.23. The molecule has 0 aromatic rings. The summed E-state index contributed by atoms with van der Waals surface area (Å²) in [5.74, 6) is 0.183. The average Bonchev–Trinajstić information content (AvgIpc) is 2.80. The highest BCUT2D eigenvalue weighted by Crippen LogP contribution is 2.25. The molecule has 0 aromatic heterocycles. The first kappa shape index (κ1) is 12.8. The van der Waals surface area contributed by atoms with Crippen LogP contribution in [0.2, 0.25) is 0 Å². The van der Waals surface area contributed by atoms with Gasteiger partial charge in [0.2, 0.25) is 5.91 Å². The molecular formula is C13H23NO3. The van der Waals surface area contributed by atoms with Crippen molar-refractivity contribution in [1.29, 1.82) is 0 Å². The molecule has 2 unspecified atom stereocenters. The van der Waals surface area contributed by atoms with Gasteiger partial charge in [0, 0.05) is 12.6 Å². The largest absolute Gasteiger partial charge is 0.393 e. The molecule has 4 heteroatoms. The van der Waals surface area contributed by atoms with Gasteiger partial charge >= 0.3 is 0 Å². The van der Waals surface area contributed by atoms with Crippen LogP contribution in [0.4, 0.5) is 0 Å². The van der Waals surface area contributed by atoms with Crippen molar-refractivity contribution in [2.45, 2.75) is 63.7 Å². The molecule has 2 rings (SSSR count). The Morgan fingerprint density at radius 2 is 2.00 bits per heavy atom. The van der Waals surface area contributed by atoms with Gasteiger partial charge in [-0.15, -0.1) is 0 Å². The van der Waals surface area contributed by atoms with E-state index in [1.807, 2.05) is 0 Å². The zero-order chi connectivity index (χ0) is 12.3. The summed E-state index contributed by atoms with van der Waals surface area (Å²) in [6.45, 7) is 2.77. The lowest BCUT2D eigenvalue weighted by molar-refractivity contribution is -0.127. The van der Waals surface area contributed by atoms with E-state index in [0.717, 1.165) is 38.5 Å². The zero-order valence-electron chi connectivity index (χ0n) is 10.5. The van der Waals surface area contributed by atoms with E-state index in [2.05, 4.69) is 12.2 Å². The number of aliphatic hydroxyl groups excluding tert-OH is 1. The number of nitrogens with one attached hydrogen (secondary N) is 1. The van der Waals surface area contributed by atoms with Gasteiger partial charge in [0.15, 0.2) is 0 Å². The molecule has 17 heavy (non-hydrogen) atoms. The smallest absolute Gasteiger partial charge is 0.226 e. The van der Waals surface area contributed by atoms with Crippen molar-refractivity contribution >= 4 is 5.91 Å². The van der Waals surface area contributed by atoms with Crippen molar-refractivity contribution in [3.63, 3.8) is 0 Å². The van der Waals surface area contributed by atoms with E-state index in [4.69, 9.17) is 4.74 Å². The molecule has 1 saturated carbocycles. The molecule has 1 heterocycles. The van der Waals surface area contributed by atoms with E-state index in [9.17, 15) is 9.90 Å². The molecule has 1 saturated heterocycles. The monoisotopic (exact) mass is 241 g/mol. The molecule has 4 nitrogen and oxygen atoms in total. The van der Waals surface area contributed by atoms with Crippen LogP contribution in [-0.2, 0) is 9.53 Å². The summed E-state index contributed by atoms with van der Waals surface area (Å²) >= 11 is 0. The summed E-state index contributed by atoms with van der Waals surface area (Å²) in [5.41, 5.74) is 0. The standard InChI is InChI=1S/C13H23NO3/c1-2-12-11(7-8-17-12)13(16)14-9-3-5-10(15)6-4-9/h9-12,15H,2-8H2,1H3,(H,14,16). The lowest BCUT2D eigenvalue weighted by atomic mass is 9.91. The summed E-state index contributed by atoms with van der Waals surface area (Å²) in [5, 5.41) is 12.5. The lowest BCUT2D eigenvalue weighted by Gasteiger charge is -2.28. The molecule has 0 aromatic carbocycles. The summed E-state index contributed by atoms with van der Waals surface area (Å²) in [6.07, 6.45) is 5.10. The molecule has 2 aliphatic rings. The van der Waals surface area contributed by atoms with Crippen LogP contribution in [0.15, 0.2) is 0 Å². The Hall–Kier alpha value is -0.610. The second kappa shape index (κ2) is 5.83. The van der Waals surface area contributed by atoms with Crippen LogP contribution in [0.3, 0.4) is 0 Å². The molecule has 2 fully saturated rings. The SMILES string of the molecule is CCC1OCCC1C(=O)NC1CCC(O)CC1. The second-order valence-electron chi connectivity index (χ2n) is 5.23. The number of carbonyl (C=O) groups is 1. The fraction of sp³-hybridized carbons (Fsp3) is 0.923. The fourth-order valence-corrected chi connectivity index (χ4v) is 2.88. The highest BCUT2D eigenvalue weighted by Gasteiger charge is 2.34. The molecule has 0 bridgehead atoms. The molecule has 2 N–H and O–H groups in total. The van der Waals surface area contributed by atoms with Gasteiger partial charge in [-0.1, -0.05) is 6.92 Å². The molecular weight excluding hydrogens is 218 g/mol. The lowest BCUT2D eigenvalue weighted by Crippen LogP contribution is -2.43. The highest BCUT2D eigenvalue weighted by atomic mass is 16.5. The molecule has 1 amide bonds. The van der Waals surface area contributed by atoms with Crippen molar-refractivity contribution in [2.75, 3.05) is 6.61 Å². The quantitative estimate of drug-likeness (QED) is 0.781. The van der Waals surface area contributed by atoms with Gasteiger partial charge in [0.1, 0.15) is 0 Å². The maximum atomic E-state index is 12.1. The van der Waals surface area contributed by atoms with Crippen LogP contribution in [0.1, 0.15) is 45.4 Å². The number of ether oxygens (including phenoxy) is 1. The van der Waals surface area contributed by atoms with Crippen molar-refractivity contribution in [1.82, 2.24) is 5.32 Å². The molecule has 98 valence electrons. The Kier molecular flexibility index (Phi) is 4.40. The minimum absolute atomic E-state index is 0.0341. The van der Waals surface area contributed by atoms with Crippen molar-refractivity contribution in [2.24, 2.45) is 5.92 Å². The summed E-state index contributed by atoms with van der Waals surface area (Å²) in [4.78, 5) is 12.1. The van der Waals surface area contributed by atoms with E-state index in [-0.39, 0.29) is 30.1 Å². The fourth-order valence-electron chi connectivity index (χ4n) is 2.88. The van der Waals surface area contributed by atoms with Gasteiger partial charge in [-0.2, -0.15) is 0 Å². The minimum Gasteiger partial charge on any atom is -0.393 e. The maximum absolute atomic E-state index is 12.1. The molecule has 1 aliphatic carbocycles. The Labute approximate surface area is 103 Å². The van der Waals surface area contributed by atoms with Crippen LogP contribution in [-0.4, -0.2) is 35.9 Å². The van der Waals surface area contributed by atoms with Gasteiger partial charge in [0.25, 0.3) is 0 Å². The number of hydrogen-bond acceptors (Lipinski definition) is 3. The Morgan fingerprint density at radius 1 is 1.29 bits per heavy atom. The van der Waals surface area contributed by atoms with Gasteiger partial charge in [-0.25, -0.2) is 0 Å². The van der Waals surface area contributed by atoms with E-state index in [1.165, 1.54) is 0 Å². The first-order valence-corrected chi connectivity index (χ1v) is 6.80. The topological polar surface area (TPSA) is 58.6 Å². The van der Waals surface area contributed by atoms with Gasteiger partial charge in [-0.05, 0) is 38.5 Å². The predicted molar refractivity (Wildman–Crippen MR) is 64.5 cm³/mol. The van der Waals surface area contributed by atoms with Crippen molar-refractivity contribution in [3.05, 3.63) is 0 Å². The first-order chi connectivity index (χ1) is 8.20. The first-order valence-electron chi connectivity index (χ1n) is 6.80. The Bertz CT molecular complexity index is 261. The van der Waals surface area contributed by atoms with E-state index >= 15 is 0 Å². The zero-order valence-corrected chi connectivity index (χ0v) is 10.5. The summed E-state index contributed by atoms with van der Waals surface area (Å²) in [6, 6.07) is 0.254. The van der Waals surface area contributed by atoms with Crippen LogP contribution in [0, 0.1) is 5.92 Å². The average molecular weight is 241 g/mol. The highest BCUT2D eigenvalue weighted by molar-refractivity contribution is 5.79. The van der Waals surface area contributed by atoms with E-state index in [1.54, 1.807) is 0 Å². The van der Waals surface area contributed by atoms with E-state index < -0.39 is 0 Å². The van der Waals surface area contributed by atoms with Crippen LogP contribution in [0.25, 0.3) is 0 Å². The Balaban J connectivity index is 1.80. The molecule has 0 spiro atoms. The van der Waals surface area contributed by atoms with Gasteiger partial charge in [-0.3, -0.25) is 4.79 Å². The summed E-state index contributed by atoms with van der Waals surface area (Å²) < 4.78 is 5.54. The third-order valence-electron chi connectivity index (χ3n) is 3.99. The number of rotatable bonds is 3. The summed E-state index contributed by atoms with van der Waals surface area (Å²) in [7, 11) is 0. The Morgan fingerprint density at radius 3 is 2.65 bits per heavy atom. The predicted octanol–water partition coefficient (Wildman–Crippen LogP) is 1.22. The van der Waals surface area contributed by atoms with Gasteiger partial charge in [0.05, 0.1) is 18.1 Å². The normalized spacial score (nSPS) is 38.0.